The van der Waals surface area contributed by atoms with Crippen molar-refractivity contribution in [2.75, 3.05) is 13.2 Å². The van der Waals surface area contributed by atoms with Crippen molar-refractivity contribution in [1.82, 2.24) is 14.1 Å². The summed E-state index contributed by atoms with van der Waals surface area (Å²) in [6, 6.07) is 6.76. The van der Waals surface area contributed by atoms with Gasteiger partial charge in [0.05, 0.1) is 17.2 Å². The average Bonchev–Trinajstić information content (AvgIpc) is 2.90. The van der Waals surface area contributed by atoms with Crippen molar-refractivity contribution >= 4 is 16.0 Å². The zero-order valence-corrected chi connectivity index (χ0v) is 15.3. The van der Waals surface area contributed by atoms with Gasteiger partial charge in [-0.05, 0) is 26.0 Å². The largest absolute Gasteiger partial charge is 0.461 e. The van der Waals surface area contributed by atoms with Gasteiger partial charge in [0.15, 0.2) is 5.69 Å². The maximum atomic E-state index is 12.9. The van der Waals surface area contributed by atoms with Crippen LogP contribution in [0, 0.1) is 6.92 Å². The van der Waals surface area contributed by atoms with E-state index in [1.54, 1.807) is 38.2 Å². The predicted octanol–water partition coefficient (Wildman–Crippen LogP) is 1.65. The fourth-order valence-electron chi connectivity index (χ4n) is 3.00. The van der Waals surface area contributed by atoms with Crippen LogP contribution in [0.2, 0.25) is 0 Å². The van der Waals surface area contributed by atoms with E-state index in [2.05, 4.69) is 5.10 Å². The lowest BCUT2D eigenvalue weighted by atomic mass is 10.1. The summed E-state index contributed by atoms with van der Waals surface area (Å²) in [6.07, 6.45) is 0.466. The zero-order valence-electron chi connectivity index (χ0n) is 14.5. The van der Waals surface area contributed by atoms with E-state index < -0.39 is 16.0 Å². The molecule has 3 rings (SSSR count). The van der Waals surface area contributed by atoms with Gasteiger partial charge >= 0.3 is 5.97 Å². The minimum atomic E-state index is -3.62. The maximum absolute atomic E-state index is 12.9. The predicted molar refractivity (Wildman–Crippen MR) is 91.6 cm³/mol. The van der Waals surface area contributed by atoms with E-state index in [4.69, 9.17) is 4.74 Å². The first-order valence-corrected chi connectivity index (χ1v) is 9.57. The highest BCUT2D eigenvalue weighted by Crippen LogP contribution is 2.27. The number of hydrogen-bond acceptors (Lipinski definition) is 5. The van der Waals surface area contributed by atoms with Gasteiger partial charge in [0.1, 0.15) is 0 Å². The summed E-state index contributed by atoms with van der Waals surface area (Å²) in [4.78, 5) is 12.5. The van der Waals surface area contributed by atoms with Crippen LogP contribution < -0.4 is 0 Å². The molecule has 8 heteroatoms. The fourth-order valence-corrected chi connectivity index (χ4v) is 4.40. The molecule has 0 N–H and O–H groups in total. The Bertz CT molecular complexity index is 901. The summed E-state index contributed by atoms with van der Waals surface area (Å²) < 4.78 is 33.8. The number of hydrogen-bond donors (Lipinski definition) is 0. The summed E-state index contributed by atoms with van der Waals surface area (Å²) in [6.45, 7) is 4.35. The first kappa shape index (κ1) is 17.6. The first-order chi connectivity index (χ1) is 11.8. The molecule has 2 heterocycles. The van der Waals surface area contributed by atoms with Crippen LogP contribution in [-0.4, -0.2) is 41.6 Å². The van der Waals surface area contributed by atoms with Crippen LogP contribution >= 0.6 is 0 Å². The van der Waals surface area contributed by atoms with Gasteiger partial charge in [-0.1, -0.05) is 17.7 Å². The lowest BCUT2D eigenvalue weighted by Crippen LogP contribution is -2.36. The lowest BCUT2D eigenvalue weighted by Gasteiger charge is -2.26. The molecule has 0 aliphatic carbocycles. The molecule has 0 radical (unpaired) electrons. The van der Waals surface area contributed by atoms with Crippen LogP contribution in [0.25, 0.3) is 0 Å². The normalized spacial score (nSPS) is 15.0. The molecule has 1 aliphatic rings. The second kappa shape index (κ2) is 6.61. The van der Waals surface area contributed by atoms with Crippen LogP contribution in [0.15, 0.2) is 29.2 Å². The highest BCUT2D eigenvalue weighted by Gasteiger charge is 2.33. The Morgan fingerprint density at radius 2 is 1.96 bits per heavy atom. The number of rotatable bonds is 4. The van der Waals surface area contributed by atoms with Crippen molar-refractivity contribution in [3.63, 3.8) is 0 Å². The lowest BCUT2D eigenvalue weighted by molar-refractivity contribution is 0.0511. The number of aromatic nitrogens is 2. The molecular weight excluding hydrogens is 342 g/mol. The molecule has 134 valence electrons. The van der Waals surface area contributed by atoms with Crippen molar-refractivity contribution in [2.24, 2.45) is 7.05 Å². The Hall–Kier alpha value is -2.19. The molecule has 0 spiro atoms. The smallest absolute Gasteiger partial charge is 0.356 e. The van der Waals surface area contributed by atoms with E-state index in [9.17, 15) is 13.2 Å². The van der Waals surface area contributed by atoms with Crippen LogP contribution in [0.3, 0.4) is 0 Å². The van der Waals surface area contributed by atoms with E-state index in [1.165, 1.54) is 8.99 Å². The molecule has 0 unspecified atom stereocenters. The summed E-state index contributed by atoms with van der Waals surface area (Å²) in [7, 11) is -1.95. The third kappa shape index (κ3) is 3.19. The molecule has 2 aromatic rings. The summed E-state index contributed by atoms with van der Waals surface area (Å²) in [5.74, 6) is -0.478. The number of nitrogens with zero attached hydrogens (tertiary/aromatic N) is 3. The monoisotopic (exact) mass is 363 g/mol. The maximum Gasteiger partial charge on any atom is 0.356 e. The van der Waals surface area contributed by atoms with Gasteiger partial charge < -0.3 is 4.74 Å². The molecule has 0 bridgehead atoms. The van der Waals surface area contributed by atoms with Gasteiger partial charge in [0, 0.05) is 32.1 Å². The minimum Gasteiger partial charge on any atom is -0.461 e. The molecular formula is C17H21N3O4S. The van der Waals surface area contributed by atoms with E-state index in [0.717, 1.165) is 11.3 Å². The van der Waals surface area contributed by atoms with Crippen LogP contribution in [0.5, 0.6) is 0 Å². The molecule has 0 saturated carbocycles. The third-order valence-electron chi connectivity index (χ3n) is 4.29. The molecule has 0 fully saturated rings. The van der Waals surface area contributed by atoms with E-state index in [-0.39, 0.29) is 18.0 Å². The minimum absolute atomic E-state index is 0.119. The second-order valence-corrected chi connectivity index (χ2v) is 7.96. The van der Waals surface area contributed by atoms with Crippen molar-refractivity contribution in [1.29, 1.82) is 0 Å². The molecule has 0 atom stereocenters. The number of ether oxygens (including phenoxy) is 1. The zero-order chi connectivity index (χ0) is 18.2. The second-order valence-electron chi connectivity index (χ2n) is 6.02. The Kier molecular flexibility index (Phi) is 4.66. The van der Waals surface area contributed by atoms with Gasteiger partial charge in [-0.25, -0.2) is 13.2 Å². The molecule has 1 aromatic carbocycles. The van der Waals surface area contributed by atoms with Gasteiger partial charge in [0.2, 0.25) is 10.0 Å². The molecule has 1 aromatic heterocycles. The average molecular weight is 363 g/mol. The Morgan fingerprint density at radius 1 is 1.28 bits per heavy atom. The quantitative estimate of drug-likeness (QED) is 0.772. The van der Waals surface area contributed by atoms with Crippen molar-refractivity contribution in [2.45, 2.75) is 31.7 Å². The van der Waals surface area contributed by atoms with Gasteiger partial charge in [-0.2, -0.15) is 9.40 Å². The van der Waals surface area contributed by atoms with E-state index in [0.29, 0.717) is 24.2 Å². The molecule has 7 nitrogen and oxygen atoms in total. The fraction of sp³-hybridized carbons (Fsp3) is 0.412. The number of carbonyl (C=O) groups excluding carboxylic acids is 1. The Labute approximate surface area is 147 Å². The van der Waals surface area contributed by atoms with Crippen LogP contribution in [0.4, 0.5) is 0 Å². The summed E-state index contributed by atoms with van der Waals surface area (Å²) in [5, 5.41) is 4.35. The number of sulfonamides is 1. The highest BCUT2D eigenvalue weighted by atomic mass is 32.2. The van der Waals surface area contributed by atoms with Gasteiger partial charge in [-0.15, -0.1) is 0 Å². The topological polar surface area (TPSA) is 81.5 Å². The number of esters is 1. The number of carbonyl (C=O) groups is 1. The third-order valence-corrected chi connectivity index (χ3v) is 6.15. The standard InChI is InChI=1S/C17H21N3O4S/c1-4-24-17(21)16-14-11-20(10-9-15(14)18-19(16)3)25(22,23)13-7-5-12(2)6-8-13/h5-8H,4,9-11H2,1-3H3. The summed E-state index contributed by atoms with van der Waals surface area (Å²) >= 11 is 0. The molecule has 0 amide bonds. The van der Waals surface area contributed by atoms with Crippen LogP contribution in [-0.2, 0) is 34.8 Å². The number of benzene rings is 1. The van der Waals surface area contributed by atoms with Gasteiger partial charge in [-0.3, -0.25) is 4.68 Å². The van der Waals surface area contributed by atoms with Crippen LogP contribution in [0.1, 0.15) is 34.2 Å². The Balaban J connectivity index is 1.95. The summed E-state index contributed by atoms with van der Waals surface area (Å²) in [5.41, 5.74) is 2.70. The number of fused-ring (bicyclic) bond motifs is 1. The Morgan fingerprint density at radius 3 is 2.60 bits per heavy atom. The first-order valence-electron chi connectivity index (χ1n) is 8.13. The van der Waals surface area contributed by atoms with E-state index in [1.807, 2.05) is 6.92 Å². The van der Waals surface area contributed by atoms with Gasteiger partial charge in [0.25, 0.3) is 0 Å². The number of aryl methyl sites for hydroxylation is 2. The molecule has 0 saturated heterocycles. The van der Waals surface area contributed by atoms with E-state index >= 15 is 0 Å². The molecule has 1 aliphatic heterocycles. The van der Waals surface area contributed by atoms with Crippen molar-refractivity contribution in [3.8, 4) is 0 Å². The SMILES string of the molecule is CCOC(=O)c1c2c(nn1C)CCN(S(=O)(=O)c1ccc(C)cc1)C2. The highest BCUT2D eigenvalue weighted by molar-refractivity contribution is 7.89. The van der Waals surface area contributed by atoms with Crippen molar-refractivity contribution < 1.29 is 17.9 Å². The van der Waals surface area contributed by atoms with Crippen molar-refractivity contribution in [3.05, 3.63) is 46.8 Å². The molecule has 25 heavy (non-hydrogen) atoms.